The number of rotatable bonds is 9. The van der Waals surface area contributed by atoms with E-state index in [0.29, 0.717) is 24.0 Å². The highest BCUT2D eigenvalue weighted by atomic mass is 16.5. The van der Waals surface area contributed by atoms with Crippen LogP contribution in [0.3, 0.4) is 0 Å². The molecular weight excluding hydrogens is 394 g/mol. The summed E-state index contributed by atoms with van der Waals surface area (Å²) >= 11 is 0. The van der Waals surface area contributed by atoms with Crippen LogP contribution in [0.15, 0.2) is 36.7 Å². The number of aliphatic hydroxyl groups excluding tert-OH is 1. The monoisotopic (exact) mass is 427 g/mol. The summed E-state index contributed by atoms with van der Waals surface area (Å²) in [6.07, 6.45) is 8.60. The van der Waals surface area contributed by atoms with Crippen LogP contribution >= 0.6 is 0 Å². The average Bonchev–Trinajstić information content (AvgIpc) is 3.34. The van der Waals surface area contributed by atoms with Crippen LogP contribution in [-0.2, 0) is 6.54 Å². The Morgan fingerprint density at radius 2 is 2.03 bits per heavy atom. The third-order valence-electron chi connectivity index (χ3n) is 6.08. The van der Waals surface area contributed by atoms with Crippen molar-refractivity contribution in [2.75, 3.05) is 46.4 Å². The highest BCUT2D eigenvalue weighted by Gasteiger charge is 2.23. The topological polar surface area (TPSA) is 86.7 Å². The fourth-order valence-corrected chi connectivity index (χ4v) is 4.36. The lowest BCUT2D eigenvalue weighted by atomic mass is 9.96. The van der Waals surface area contributed by atoms with Gasteiger partial charge >= 0.3 is 0 Å². The molecule has 1 saturated heterocycles. The van der Waals surface area contributed by atoms with Crippen molar-refractivity contribution in [2.24, 2.45) is 0 Å². The van der Waals surface area contributed by atoms with E-state index < -0.39 is 6.10 Å². The SMILES string of the molecule is COc1cc(CN2CCC(c3ncn[nH]3)CC2)ccc1OCC(O)CN1CC=CCC1. The van der Waals surface area contributed by atoms with Crippen LogP contribution in [0.1, 0.15) is 36.6 Å². The fraction of sp³-hybridized carbons (Fsp3) is 0.565. The predicted molar refractivity (Wildman–Crippen MR) is 118 cm³/mol. The van der Waals surface area contributed by atoms with Gasteiger partial charge in [-0.15, -0.1) is 0 Å². The van der Waals surface area contributed by atoms with Crippen LogP contribution in [0.5, 0.6) is 11.5 Å². The zero-order valence-electron chi connectivity index (χ0n) is 18.2. The molecule has 2 N–H and O–H groups in total. The number of nitrogens with zero attached hydrogens (tertiary/aromatic N) is 4. The van der Waals surface area contributed by atoms with E-state index in [0.717, 1.165) is 57.8 Å². The number of ether oxygens (including phenoxy) is 2. The summed E-state index contributed by atoms with van der Waals surface area (Å²) in [5, 5.41) is 17.3. The number of H-pyrrole nitrogens is 1. The third kappa shape index (κ3) is 6.06. The molecule has 1 atom stereocenters. The number of aliphatic hydroxyl groups is 1. The van der Waals surface area contributed by atoms with Gasteiger partial charge in [-0.05, 0) is 50.0 Å². The molecule has 2 aliphatic rings. The Labute approximate surface area is 183 Å². The molecule has 2 aromatic rings. The van der Waals surface area contributed by atoms with E-state index in [4.69, 9.17) is 9.47 Å². The summed E-state index contributed by atoms with van der Waals surface area (Å²) in [4.78, 5) is 9.00. The van der Waals surface area contributed by atoms with E-state index in [2.05, 4.69) is 43.2 Å². The molecule has 8 heteroatoms. The smallest absolute Gasteiger partial charge is 0.161 e. The molecule has 1 aromatic carbocycles. The van der Waals surface area contributed by atoms with E-state index in [9.17, 15) is 5.11 Å². The Kier molecular flexibility index (Phi) is 7.56. The minimum atomic E-state index is -0.526. The van der Waals surface area contributed by atoms with E-state index >= 15 is 0 Å². The maximum absolute atomic E-state index is 10.3. The molecule has 168 valence electrons. The molecule has 0 spiro atoms. The summed E-state index contributed by atoms with van der Waals surface area (Å²) in [5.74, 6) is 2.85. The number of methoxy groups -OCH3 is 1. The van der Waals surface area contributed by atoms with Gasteiger partial charge in [0.15, 0.2) is 11.5 Å². The number of likely N-dealkylation sites (tertiary alicyclic amines) is 1. The molecule has 4 rings (SSSR count). The molecule has 0 amide bonds. The normalized spacial score (nSPS) is 19.4. The van der Waals surface area contributed by atoms with Crippen LogP contribution in [-0.4, -0.2) is 82.6 Å². The number of aromatic amines is 1. The molecule has 3 heterocycles. The summed E-state index contributed by atoms with van der Waals surface area (Å²) < 4.78 is 11.4. The van der Waals surface area contributed by atoms with E-state index in [1.165, 1.54) is 5.56 Å². The van der Waals surface area contributed by atoms with Crippen molar-refractivity contribution in [1.82, 2.24) is 25.0 Å². The first-order valence-electron chi connectivity index (χ1n) is 11.1. The van der Waals surface area contributed by atoms with Gasteiger partial charge in [0, 0.05) is 32.1 Å². The first-order chi connectivity index (χ1) is 15.2. The van der Waals surface area contributed by atoms with Gasteiger partial charge in [0.1, 0.15) is 24.9 Å². The van der Waals surface area contributed by atoms with E-state index in [1.54, 1.807) is 13.4 Å². The molecule has 31 heavy (non-hydrogen) atoms. The minimum Gasteiger partial charge on any atom is -0.493 e. The van der Waals surface area contributed by atoms with Crippen molar-refractivity contribution in [3.05, 3.63) is 48.1 Å². The maximum atomic E-state index is 10.3. The van der Waals surface area contributed by atoms with Crippen LogP contribution in [0.4, 0.5) is 0 Å². The van der Waals surface area contributed by atoms with Crippen LogP contribution in [0.25, 0.3) is 0 Å². The first kappa shape index (κ1) is 21.8. The molecule has 0 radical (unpaired) electrons. The molecule has 8 nitrogen and oxygen atoms in total. The lowest BCUT2D eigenvalue weighted by molar-refractivity contribution is 0.0702. The number of nitrogens with one attached hydrogen (secondary N) is 1. The summed E-state index contributed by atoms with van der Waals surface area (Å²) in [6, 6.07) is 6.08. The van der Waals surface area contributed by atoms with Gasteiger partial charge in [-0.1, -0.05) is 18.2 Å². The molecule has 0 saturated carbocycles. The average molecular weight is 428 g/mol. The summed E-state index contributed by atoms with van der Waals surface area (Å²) in [6.45, 7) is 5.70. The van der Waals surface area contributed by atoms with Crippen molar-refractivity contribution in [3.8, 4) is 11.5 Å². The lowest BCUT2D eigenvalue weighted by Crippen LogP contribution is -2.37. The standard InChI is InChI=1S/C23H33N5O3/c1-30-22-13-18(14-28-11-7-19(8-12-28)23-24-17-25-26-23)5-6-21(22)31-16-20(29)15-27-9-3-2-4-10-27/h2-3,5-6,13,17,19-20,29H,4,7-12,14-16H2,1H3,(H,24,25,26). The Balaban J connectivity index is 1.26. The Morgan fingerprint density at radius 1 is 1.16 bits per heavy atom. The van der Waals surface area contributed by atoms with Crippen molar-refractivity contribution in [1.29, 1.82) is 0 Å². The molecular formula is C23H33N5O3. The number of benzene rings is 1. The number of β-amino-alcohol motifs (C(OH)–C–C–N with tert-alkyl or cyclic N) is 1. The van der Waals surface area contributed by atoms with Crippen molar-refractivity contribution < 1.29 is 14.6 Å². The molecule has 2 aliphatic heterocycles. The Bertz CT molecular complexity index is 834. The van der Waals surface area contributed by atoms with Gasteiger partial charge in [-0.2, -0.15) is 5.10 Å². The van der Waals surface area contributed by atoms with Gasteiger partial charge < -0.3 is 14.6 Å². The zero-order chi connectivity index (χ0) is 21.5. The second kappa shape index (κ2) is 10.7. The van der Waals surface area contributed by atoms with Gasteiger partial charge in [0.05, 0.1) is 7.11 Å². The number of hydrogen-bond donors (Lipinski definition) is 2. The number of piperidine rings is 1. The molecule has 1 fully saturated rings. The van der Waals surface area contributed by atoms with Crippen LogP contribution in [0, 0.1) is 0 Å². The van der Waals surface area contributed by atoms with Crippen molar-refractivity contribution in [3.63, 3.8) is 0 Å². The van der Waals surface area contributed by atoms with Crippen molar-refractivity contribution in [2.45, 2.75) is 37.8 Å². The third-order valence-corrected chi connectivity index (χ3v) is 6.08. The molecule has 0 aliphatic carbocycles. The highest BCUT2D eigenvalue weighted by Crippen LogP contribution is 2.30. The lowest BCUT2D eigenvalue weighted by Gasteiger charge is -2.31. The fourth-order valence-electron chi connectivity index (χ4n) is 4.36. The van der Waals surface area contributed by atoms with Crippen molar-refractivity contribution >= 4 is 0 Å². The predicted octanol–water partition coefficient (Wildman–Crippen LogP) is 2.19. The van der Waals surface area contributed by atoms with Gasteiger partial charge in [-0.25, -0.2) is 4.98 Å². The highest BCUT2D eigenvalue weighted by molar-refractivity contribution is 5.43. The molecule has 0 bridgehead atoms. The second-order valence-corrected chi connectivity index (χ2v) is 8.39. The van der Waals surface area contributed by atoms with Crippen LogP contribution in [0.2, 0.25) is 0 Å². The summed E-state index contributed by atoms with van der Waals surface area (Å²) in [5.41, 5.74) is 1.20. The number of hydrogen-bond acceptors (Lipinski definition) is 7. The maximum Gasteiger partial charge on any atom is 0.161 e. The molecule has 1 aromatic heterocycles. The largest absolute Gasteiger partial charge is 0.493 e. The first-order valence-corrected chi connectivity index (χ1v) is 11.1. The van der Waals surface area contributed by atoms with Gasteiger partial charge in [0.2, 0.25) is 0 Å². The van der Waals surface area contributed by atoms with Gasteiger partial charge in [0.25, 0.3) is 0 Å². The number of aromatic nitrogens is 3. The minimum absolute atomic E-state index is 0.255. The van der Waals surface area contributed by atoms with Gasteiger partial charge in [-0.3, -0.25) is 14.9 Å². The van der Waals surface area contributed by atoms with E-state index in [1.807, 2.05) is 12.1 Å². The summed E-state index contributed by atoms with van der Waals surface area (Å²) in [7, 11) is 1.66. The van der Waals surface area contributed by atoms with E-state index in [-0.39, 0.29) is 6.61 Å². The Morgan fingerprint density at radius 3 is 2.74 bits per heavy atom. The Hall–Kier alpha value is -2.42. The molecule has 1 unspecified atom stereocenters. The zero-order valence-corrected chi connectivity index (χ0v) is 18.2. The quantitative estimate of drug-likeness (QED) is 0.593. The van der Waals surface area contributed by atoms with Crippen LogP contribution < -0.4 is 9.47 Å². The second-order valence-electron chi connectivity index (χ2n) is 8.39.